The van der Waals surface area contributed by atoms with Gasteiger partial charge in [-0.2, -0.15) is 0 Å². The zero-order chi connectivity index (χ0) is 13.1. The first-order chi connectivity index (χ1) is 7.96. The number of hydrogen-bond acceptors (Lipinski definition) is 1. The maximum Gasteiger partial charge on any atom is 0.255 e. The molecule has 1 saturated carbocycles. The van der Waals surface area contributed by atoms with Gasteiger partial charge in [0, 0.05) is 12.8 Å². The first kappa shape index (κ1) is 14.2. The highest BCUT2D eigenvalue weighted by atomic mass is 35.5. The summed E-state index contributed by atoms with van der Waals surface area (Å²) in [7, 11) is 0. The minimum atomic E-state index is -2.55. The van der Waals surface area contributed by atoms with E-state index in [9.17, 15) is 8.78 Å². The molecule has 0 N–H and O–H groups in total. The van der Waals surface area contributed by atoms with E-state index in [0.717, 1.165) is 5.56 Å². The van der Waals surface area contributed by atoms with Crippen LogP contribution in [0.5, 0.6) is 5.75 Å². The molecular weight excluding hydrogens is 246 g/mol. The Hall–Kier alpha value is -0.830. The zero-order valence-corrected chi connectivity index (χ0v) is 11.0. The van der Waals surface area contributed by atoms with Crippen LogP contribution in [0.25, 0.3) is 0 Å². The van der Waals surface area contributed by atoms with E-state index < -0.39 is 12.0 Å². The van der Waals surface area contributed by atoms with E-state index in [1.54, 1.807) is 12.1 Å². The van der Waals surface area contributed by atoms with Crippen LogP contribution in [0.1, 0.15) is 32.3 Å². The molecule has 1 aromatic carbocycles. The van der Waals surface area contributed by atoms with Crippen LogP contribution in [-0.2, 0) is 0 Å². The lowest BCUT2D eigenvalue weighted by Crippen LogP contribution is -2.43. The molecule has 1 fully saturated rings. The van der Waals surface area contributed by atoms with Gasteiger partial charge in [0.15, 0.2) is 0 Å². The molecule has 0 amide bonds. The Morgan fingerprint density at radius 3 is 2.35 bits per heavy atom. The van der Waals surface area contributed by atoms with Crippen LogP contribution in [0, 0.1) is 6.92 Å². The highest BCUT2D eigenvalue weighted by Gasteiger charge is 2.47. The normalized spacial score (nSPS) is 17.8. The van der Waals surface area contributed by atoms with Crippen LogP contribution in [0.4, 0.5) is 8.78 Å². The number of rotatable bonds is 2. The highest BCUT2D eigenvalue weighted by molar-refractivity contribution is 6.32. The largest absolute Gasteiger partial charge is 0.488 e. The third-order valence-corrected chi connectivity index (χ3v) is 2.73. The molecule has 1 aliphatic rings. The molecule has 1 aliphatic carbocycles. The van der Waals surface area contributed by atoms with Crippen molar-refractivity contribution in [1.29, 1.82) is 0 Å². The van der Waals surface area contributed by atoms with Gasteiger partial charge in [-0.25, -0.2) is 8.78 Å². The highest BCUT2D eigenvalue weighted by Crippen LogP contribution is 2.40. The maximum absolute atomic E-state index is 12.5. The average Bonchev–Trinajstić information content (AvgIpc) is 2.22. The van der Waals surface area contributed by atoms with Crippen LogP contribution in [0.3, 0.4) is 0 Å². The Morgan fingerprint density at radius 2 is 1.88 bits per heavy atom. The Balaban J connectivity index is 0.000000686. The number of alkyl halides is 2. The van der Waals surface area contributed by atoms with Crippen molar-refractivity contribution in [3.05, 3.63) is 28.8 Å². The molecule has 0 aromatic heterocycles. The number of ether oxygens (including phenoxy) is 1. The lowest BCUT2D eigenvalue weighted by molar-refractivity contribution is -0.134. The molecule has 0 unspecified atom stereocenters. The molecule has 0 aliphatic heterocycles. The van der Waals surface area contributed by atoms with Gasteiger partial charge < -0.3 is 4.74 Å². The van der Waals surface area contributed by atoms with Gasteiger partial charge in [-0.15, -0.1) is 0 Å². The number of hydrogen-bond donors (Lipinski definition) is 0. The quantitative estimate of drug-likeness (QED) is 0.740. The van der Waals surface area contributed by atoms with Crippen LogP contribution in [-0.4, -0.2) is 12.0 Å². The van der Waals surface area contributed by atoms with Crippen molar-refractivity contribution < 1.29 is 13.5 Å². The third kappa shape index (κ3) is 3.84. The lowest BCUT2D eigenvalue weighted by atomic mass is 9.91. The summed E-state index contributed by atoms with van der Waals surface area (Å²) in [5.74, 6) is -2.07. The van der Waals surface area contributed by atoms with E-state index in [2.05, 4.69) is 0 Å². The topological polar surface area (TPSA) is 9.23 Å². The summed E-state index contributed by atoms with van der Waals surface area (Å²) in [5, 5.41) is 0.477. The standard InChI is InChI=1S/C11H11ClF2O.C2H6/c1-7-2-3-10(9(12)4-7)15-8-5-11(13,14)6-8;1-2/h2-4,8H,5-6H2,1H3;1-2H3. The summed E-state index contributed by atoms with van der Waals surface area (Å²) in [6.07, 6.45) is -0.825. The van der Waals surface area contributed by atoms with Crippen molar-refractivity contribution in [3.63, 3.8) is 0 Å². The van der Waals surface area contributed by atoms with Crippen molar-refractivity contribution in [3.8, 4) is 5.75 Å². The predicted octanol–water partition coefficient (Wildman–Crippen LogP) is 4.85. The summed E-state index contributed by atoms with van der Waals surface area (Å²) in [5.41, 5.74) is 1.02. The molecule has 0 heterocycles. The van der Waals surface area contributed by atoms with Gasteiger partial charge in [-0.05, 0) is 24.6 Å². The first-order valence-electron chi connectivity index (χ1n) is 5.77. The van der Waals surface area contributed by atoms with Crippen LogP contribution >= 0.6 is 11.6 Å². The van der Waals surface area contributed by atoms with Gasteiger partial charge in [-0.1, -0.05) is 31.5 Å². The van der Waals surface area contributed by atoms with Crippen molar-refractivity contribution in [1.82, 2.24) is 0 Å². The SMILES string of the molecule is CC.Cc1ccc(OC2CC(F)(F)C2)c(Cl)c1. The molecule has 0 radical (unpaired) electrons. The fraction of sp³-hybridized carbons (Fsp3) is 0.538. The monoisotopic (exact) mass is 262 g/mol. The minimum absolute atomic E-state index is 0.211. The molecule has 0 saturated heterocycles. The Bertz CT molecular complexity index is 372. The molecule has 4 heteroatoms. The summed E-state index contributed by atoms with van der Waals surface area (Å²) in [6.45, 7) is 5.91. The van der Waals surface area contributed by atoms with E-state index in [0.29, 0.717) is 10.8 Å². The summed E-state index contributed by atoms with van der Waals surface area (Å²) >= 11 is 5.91. The number of aryl methyl sites for hydroxylation is 1. The molecule has 0 spiro atoms. The second kappa shape index (κ2) is 5.67. The molecular formula is C13H17ClF2O. The maximum atomic E-state index is 12.5. The van der Waals surface area contributed by atoms with E-state index in [4.69, 9.17) is 16.3 Å². The second-order valence-corrected chi connectivity index (χ2v) is 4.35. The molecule has 17 heavy (non-hydrogen) atoms. The molecule has 0 bridgehead atoms. The summed E-state index contributed by atoms with van der Waals surface area (Å²) in [4.78, 5) is 0. The van der Waals surface area contributed by atoms with E-state index in [1.807, 2.05) is 26.8 Å². The third-order valence-electron chi connectivity index (χ3n) is 2.43. The summed E-state index contributed by atoms with van der Waals surface area (Å²) < 4.78 is 30.4. The number of benzene rings is 1. The van der Waals surface area contributed by atoms with Crippen molar-refractivity contribution in [2.24, 2.45) is 0 Å². The van der Waals surface area contributed by atoms with Gasteiger partial charge in [0.25, 0.3) is 5.92 Å². The molecule has 2 rings (SSSR count). The molecule has 1 nitrogen and oxygen atoms in total. The summed E-state index contributed by atoms with van der Waals surface area (Å²) in [6, 6.07) is 5.32. The predicted molar refractivity (Wildman–Crippen MR) is 66.1 cm³/mol. The molecule has 1 aromatic rings. The van der Waals surface area contributed by atoms with Gasteiger partial charge >= 0.3 is 0 Å². The van der Waals surface area contributed by atoms with Crippen LogP contribution < -0.4 is 4.74 Å². The molecule has 0 atom stereocenters. The van der Waals surface area contributed by atoms with Gasteiger partial charge in [0.1, 0.15) is 11.9 Å². The first-order valence-corrected chi connectivity index (χ1v) is 6.15. The van der Waals surface area contributed by atoms with Crippen LogP contribution in [0.15, 0.2) is 18.2 Å². The van der Waals surface area contributed by atoms with E-state index in [1.165, 1.54) is 0 Å². The smallest absolute Gasteiger partial charge is 0.255 e. The molecule has 96 valence electrons. The minimum Gasteiger partial charge on any atom is -0.488 e. The van der Waals surface area contributed by atoms with Crippen molar-refractivity contribution in [2.45, 2.75) is 45.6 Å². The average molecular weight is 263 g/mol. The second-order valence-electron chi connectivity index (χ2n) is 3.94. The van der Waals surface area contributed by atoms with Gasteiger partial charge in [0.2, 0.25) is 0 Å². The van der Waals surface area contributed by atoms with Gasteiger partial charge in [-0.3, -0.25) is 0 Å². The van der Waals surface area contributed by atoms with Crippen molar-refractivity contribution in [2.75, 3.05) is 0 Å². The lowest BCUT2D eigenvalue weighted by Gasteiger charge is -2.35. The zero-order valence-electron chi connectivity index (χ0n) is 10.3. The van der Waals surface area contributed by atoms with E-state index >= 15 is 0 Å². The van der Waals surface area contributed by atoms with Crippen LogP contribution in [0.2, 0.25) is 5.02 Å². The number of halogens is 3. The van der Waals surface area contributed by atoms with Gasteiger partial charge in [0.05, 0.1) is 5.02 Å². The van der Waals surface area contributed by atoms with E-state index in [-0.39, 0.29) is 12.8 Å². The Morgan fingerprint density at radius 1 is 1.29 bits per heavy atom. The Labute approximate surface area is 106 Å². The Kier molecular flexibility index (Phi) is 4.75. The fourth-order valence-corrected chi connectivity index (χ4v) is 1.85. The fourth-order valence-electron chi connectivity index (χ4n) is 1.57. The van der Waals surface area contributed by atoms with Crippen molar-refractivity contribution >= 4 is 11.6 Å².